The number of carboxylic acids is 1. The molecule has 1 aromatic rings. The van der Waals surface area contributed by atoms with Gasteiger partial charge in [0.2, 0.25) is 5.91 Å². The van der Waals surface area contributed by atoms with Crippen molar-refractivity contribution in [1.82, 2.24) is 10.2 Å². The van der Waals surface area contributed by atoms with Gasteiger partial charge in [-0.25, -0.2) is 4.79 Å². The van der Waals surface area contributed by atoms with Crippen LogP contribution in [0, 0.1) is 5.41 Å². The molecule has 0 saturated heterocycles. The van der Waals surface area contributed by atoms with Gasteiger partial charge < -0.3 is 5.11 Å². The molecule has 2 rings (SSSR count). The Bertz CT molecular complexity index is 513. The minimum absolute atomic E-state index is 0.00103. The molecule has 6 heteroatoms. The first-order valence-corrected chi connectivity index (χ1v) is 5.69. The number of hydrogen-bond acceptors (Lipinski definition) is 4. The fourth-order valence-electron chi connectivity index (χ4n) is 2.07. The molecule has 1 aromatic heterocycles. The van der Waals surface area contributed by atoms with E-state index in [1.807, 2.05) is 13.8 Å². The van der Waals surface area contributed by atoms with Crippen molar-refractivity contribution in [3.05, 3.63) is 17.8 Å². The van der Waals surface area contributed by atoms with Gasteiger partial charge >= 0.3 is 5.97 Å². The van der Waals surface area contributed by atoms with Crippen LogP contribution >= 0.6 is 0 Å². The summed E-state index contributed by atoms with van der Waals surface area (Å²) in [6.45, 7) is 5.48. The molecule has 0 aromatic carbocycles. The van der Waals surface area contributed by atoms with Crippen LogP contribution in [0.15, 0.2) is 12.3 Å². The number of nitrogens with zero attached hydrogens (tertiary/aromatic N) is 3. The topological polar surface area (TPSA) is 83.4 Å². The molecule has 1 heterocycles. The molecule has 18 heavy (non-hydrogen) atoms. The summed E-state index contributed by atoms with van der Waals surface area (Å²) in [6.07, 6.45) is 2.14. The lowest BCUT2D eigenvalue weighted by Gasteiger charge is -2.22. The maximum Gasteiger partial charge on any atom is 0.339 e. The number of amides is 1. The molecule has 1 saturated carbocycles. The van der Waals surface area contributed by atoms with Crippen molar-refractivity contribution in [2.24, 2.45) is 5.41 Å². The summed E-state index contributed by atoms with van der Waals surface area (Å²) in [4.78, 5) is 24.3. The highest BCUT2D eigenvalue weighted by molar-refractivity contribution is 6.00. The first-order valence-electron chi connectivity index (χ1n) is 5.69. The summed E-state index contributed by atoms with van der Waals surface area (Å²) in [5.41, 5.74) is 0.00166. The zero-order chi connectivity index (χ0) is 13.5. The number of carbonyl (C=O) groups is 2. The maximum atomic E-state index is 11.8. The first-order chi connectivity index (χ1) is 8.34. The summed E-state index contributed by atoms with van der Waals surface area (Å²) in [6, 6.07) is 1.35. The first kappa shape index (κ1) is 12.5. The number of hydrogen-bond donors (Lipinski definition) is 1. The Hall–Kier alpha value is -1.98. The zero-order valence-corrected chi connectivity index (χ0v) is 10.5. The van der Waals surface area contributed by atoms with Crippen LogP contribution in [0.5, 0.6) is 0 Å². The minimum Gasteiger partial charge on any atom is -0.478 e. The summed E-state index contributed by atoms with van der Waals surface area (Å²) in [5.74, 6) is -1.19. The van der Waals surface area contributed by atoms with Gasteiger partial charge in [0, 0.05) is 13.0 Å². The van der Waals surface area contributed by atoms with Crippen LogP contribution in [0.1, 0.15) is 37.6 Å². The van der Waals surface area contributed by atoms with Gasteiger partial charge in [0.25, 0.3) is 0 Å². The summed E-state index contributed by atoms with van der Waals surface area (Å²) in [5, 5.41) is 16.6. The zero-order valence-electron chi connectivity index (χ0n) is 10.5. The van der Waals surface area contributed by atoms with E-state index in [1.165, 1.54) is 24.1 Å². The molecule has 6 nitrogen and oxygen atoms in total. The Balaban J connectivity index is 2.44. The quantitative estimate of drug-likeness (QED) is 0.873. The van der Waals surface area contributed by atoms with Gasteiger partial charge in [-0.2, -0.15) is 5.10 Å². The molecule has 1 atom stereocenters. The van der Waals surface area contributed by atoms with E-state index in [4.69, 9.17) is 5.11 Å². The second kappa shape index (κ2) is 4.04. The summed E-state index contributed by atoms with van der Waals surface area (Å²) >= 11 is 0. The van der Waals surface area contributed by atoms with Crippen LogP contribution in [0.3, 0.4) is 0 Å². The van der Waals surface area contributed by atoms with E-state index in [0.717, 1.165) is 6.42 Å². The second-order valence-electron chi connectivity index (χ2n) is 5.17. The van der Waals surface area contributed by atoms with Gasteiger partial charge in [-0.3, -0.25) is 9.69 Å². The highest BCUT2D eigenvalue weighted by Crippen LogP contribution is 2.49. The van der Waals surface area contributed by atoms with Crippen molar-refractivity contribution in [1.29, 1.82) is 0 Å². The molecule has 96 valence electrons. The highest BCUT2D eigenvalue weighted by Gasteiger charge is 2.52. The average molecular weight is 249 g/mol. The summed E-state index contributed by atoms with van der Waals surface area (Å²) in [7, 11) is 0. The van der Waals surface area contributed by atoms with Gasteiger partial charge in [-0.15, -0.1) is 5.10 Å². The van der Waals surface area contributed by atoms with Crippen LogP contribution in [0.2, 0.25) is 0 Å². The number of aromatic carboxylic acids is 1. The molecular formula is C12H15N3O3. The van der Waals surface area contributed by atoms with Crippen molar-refractivity contribution in [3.8, 4) is 0 Å². The van der Waals surface area contributed by atoms with Crippen molar-refractivity contribution in [2.75, 3.05) is 4.90 Å². The van der Waals surface area contributed by atoms with Crippen LogP contribution in [0.4, 0.5) is 5.82 Å². The Morgan fingerprint density at radius 3 is 2.56 bits per heavy atom. The largest absolute Gasteiger partial charge is 0.478 e. The summed E-state index contributed by atoms with van der Waals surface area (Å²) < 4.78 is 0. The molecule has 1 aliphatic rings. The Morgan fingerprint density at radius 1 is 1.50 bits per heavy atom. The smallest absolute Gasteiger partial charge is 0.339 e. The van der Waals surface area contributed by atoms with Crippen molar-refractivity contribution in [2.45, 2.75) is 33.2 Å². The van der Waals surface area contributed by atoms with E-state index < -0.39 is 5.97 Å². The Morgan fingerprint density at radius 2 is 2.11 bits per heavy atom. The number of anilines is 1. The second-order valence-corrected chi connectivity index (χ2v) is 5.17. The van der Waals surface area contributed by atoms with E-state index in [-0.39, 0.29) is 28.7 Å². The van der Waals surface area contributed by atoms with E-state index in [1.54, 1.807) is 0 Å². The van der Waals surface area contributed by atoms with Crippen LogP contribution < -0.4 is 4.90 Å². The van der Waals surface area contributed by atoms with Gasteiger partial charge in [0.1, 0.15) is 5.56 Å². The lowest BCUT2D eigenvalue weighted by molar-refractivity contribution is -0.116. The number of carboxylic acid groups (broad SMARTS) is 1. The molecule has 0 aliphatic heterocycles. The third kappa shape index (κ3) is 2.05. The third-order valence-corrected chi connectivity index (χ3v) is 3.27. The molecule has 0 bridgehead atoms. The third-order valence-electron chi connectivity index (χ3n) is 3.27. The Labute approximate surface area is 105 Å². The molecule has 1 unspecified atom stereocenters. The van der Waals surface area contributed by atoms with Gasteiger partial charge in [-0.05, 0) is 17.9 Å². The average Bonchev–Trinajstić information content (AvgIpc) is 2.87. The monoisotopic (exact) mass is 249 g/mol. The van der Waals surface area contributed by atoms with E-state index in [9.17, 15) is 9.59 Å². The van der Waals surface area contributed by atoms with Gasteiger partial charge in [-0.1, -0.05) is 13.8 Å². The van der Waals surface area contributed by atoms with Gasteiger partial charge in [0.05, 0.1) is 6.20 Å². The number of carbonyl (C=O) groups excluding carboxylic acids is 1. The minimum atomic E-state index is -1.11. The van der Waals surface area contributed by atoms with E-state index in [0.29, 0.717) is 0 Å². The number of aromatic nitrogens is 2. The van der Waals surface area contributed by atoms with Crippen molar-refractivity contribution in [3.63, 3.8) is 0 Å². The highest BCUT2D eigenvalue weighted by atomic mass is 16.4. The maximum absolute atomic E-state index is 11.8. The van der Waals surface area contributed by atoms with E-state index >= 15 is 0 Å². The molecular weight excluding hydrogens is 234 g/mol. The fourth-order valence-corrected chi connectivity index (χ4v) is 2.07. The fraction of sp³-hybridized carbons (Fsp3) is 0.500. The normalized spacial score (nSPS) is 20.3. The Kier molecular flexibility index (Phi) is 2.80. The standard InChI is InChI=1S/C12H15N3O3/c1-7(16)15(9-6-12(9,2)3)10-8(11(17)18)4-5-13-14-10/h4-5,9H,6H2,1-3H3,(H,17,18). The predicted octanol–water partition coefficient (Wildman–Crippen LogP) is 1.33. The molecule has 0 radical (unpaired) electrons. The predicted molar refractivity (Wildman–Crippen MR) is 64.3 cm³/mol. The van der Waals surface area contributed by atoms with Crippen LogP contribution in [0.25, 0.3) is 0 Å². The lowest BCUT2D eigenvalue weighted by atomic mass is 10.1. The van der Waals surface area contributed by atoms with Crippen LogP contribution in [-0.4, -0.2) is 33.2 Å². The SMILES string of the molecule is CC(=O)N(c1nnccc1C(=O)O)C1CC1(C)C. The molecule has 0 spiro atoms. The number of rotatable bonds is 3. The van der Waals surface area contributed by atoms with Crippen LogP contribution in [-0.2, 0) is 4.79 Å². The van der Waals surface area contributed by atoms with Crippen molar-refractivity contribution >= 4 is 17.7 Å². The molecule has 1 amide bonds. The van der Waals surface area contributed by atoms with Crippen molar-refractivity contribution < 1.29 is 14.7 Å². The van der Waals surface area contributed by atoms with Gasteiger partial charge in [0.15, 0.2) is 5.82 Å². The molecule has 1 fully saturated rings. The lowest BCUT2D eigenvalue weighted by Crippen LogP contribution is -2.35. The van der Waals surface area contributed by atoms with E-state index in [2.05, 4.69) is 10.2 Å². The molecule has 1 N–H and O–H groups in total. The molecule has 1 aliphatic carbocycles.